The van der Waals surface area contributed by atoms with Crippen molar-refractivity contribution in [2.75, 3.05) is 13.1 Å². The van der Waals surface area contributed by atoms with Gasteiger partial charge in [-0.25, -0.2) is 9.59 Å². The maximum absolute atomic E-state index is 13.6. The van der Waals surface area contributed by atoms with E-state index in [1.165, 1.54) is 30.3 Å². The van der Waals surface area contributed by atoms with Gasteiger partial charge in [-0.2, -0.15) is 0 Å². The average Bonchev–Trinajstić information content (AvgIpc) is 3.36. The highest BCUT2D eigenvalue weighted by Crippen LogP contribution is 2.46. The average molecular weight is 688 g/mol. The van der Waals surface area contributed by atoms with Crippen LogP contribution in [0.5, 0.6) is 5.75 Å². The molecule has 2 aromatic carbocycles. The van der Waals surface area contributed by atoms with Gasteiger partial charge in [-0.15, -0.1) is 0 Å². The summed E-state index contributed by atoms with van der Waals surface area (Å²) in [5, 5.41) is 25.0. The van der Waals surface area contributed by atoms with Gasteiger partial charge in [0.25, 0.3) is 5.69 Å². The molecule has 48 heavy (non-hydrogen) atoms. The number of hydrogen-bond acceptors (Lipinski definition) is 11. The Balaban J connectivity index is 1.69. The molecular formula is C32H43N4O11Si. The number of amides is 2. The van der Waals surface area contributed by atoms with E-state index in [4.69, 9.17) is 18.6 Å². The maximum Gasteiger partial charge on any atom is 0.412 e. The summed E-state index contributed by atoms with van der Waals surface area (Å²) in [7, 11) is -1.32. The van der Waals surface area contributed by atoms with Crippen LogP contribution in [0.4, 0.5) is 21.0 Å². The Bertz CT molecular complexity index is 1500. The molecule has 1 fully saturated rings. The summed E-state index contributed by atoms with van der Waals surface area (Å²) in [5.41, 5.74) is -0.590. The van der Waals surface area contributed by atoms with Crippen LogP contribution in [0.1, 0.15) is 58.6 Å². The molecule has 0 saturated carbocycles. The first-order valence-corrected chi connectivity index (χ1v) is 17.8. The second kappa shape index (κ2) is 16.0. The molecule has 1 saturated heterocycles. The summed E-state index contributed by atoms with van der Waals surface area (Å²) in [5.74, 6) is -1.05. The summed E-state index contributed by atoms with van der Waals surface area (Å²) in [6.45, 7) is 13.7. The molecule has 3 rings (SSSR count). The minimum absolute atomic E-state index is 0.0585. The fourth-order valence-corrected chi connectivity index (χ4v) is 6.56. The fraction of sp³-hybridized carbons (Fsp3) is 0.531. The molecule has 15 nitrogen and oxygen atoms in total. The Hall–Kier alpha value is -4.57. The number of carbonyl (C=O) groups excluding carboxylic acids is 3. The summed E-state index contributed by atoms with van der Waals surface area (Å²) in [6.07, 6.45) is -0.313. The molecule has 0 bridgehead atoms. The maximum atomic E-state index is 13.6. The Morgan fingerprint density at radius 3 is 2.21 bits per heavy atom. The van der Waals surface area contributed by atoms with Gasteiger partial charge in [-0.3, -0.25) is 29.9 Å². The number of nitrogens with one attached hydrogen (secondary N) is 1. The van der Waals surface area contributed by atoms with Gasteiger partial charge in [0.1, 0.15) is 18.9 Å². The molecule has 1 aliphatic rings. The topological polar surface area (TPSA) is 190 Å². The number of ether oxygens (including phenoxy) is 3. The van der Waals surface area contributed by atoms with Crippen LogP contribution in [0.2, 0.25) is 13.1 Å². The molecule has 16 heteroatoms. The number of rotatable bonds is 13. The molecule has 0 aromatic heterocycles. The molecule has 2 aromatic rings. The molecule has 0 spiro atoms. The quantitative estimate of drug-likeness (QED) is 0.0812. The second-order valence-electron chi connectivity index (χ2n) is 13.2. The monoisotopic (exact) mass is 687 g/mol. The molecular weight excluding hydrogens is 644 g/mol. The van der Waals surface area contributed by atoms with Crippen LogP contribution in [0.25, 0.3) is 0 Å². The minimum Gasteiger partial charge on any atom is -0.445 e. The Kier molecular flexibility index (Phi) is 12.6. The Morgan fingerprint density at radius 2 is 1.65 bits per heavy atom. The largest absolute Gasteiger partial charge is 0.445 e. The Labute approximate surface area is 280 Å². The van der Waals surface area contributed by atoms with Crippen LogP contribution in [0, 0.1) is 37.5 Å². The number of hydrogen-bond donors (Lipinski definition) is 1. The molecule has 0 aliphatic carbocycles. The first-order valence-electron chi connectivity index (χ1n) is 15.4. The van der Waals surface area contributed by atoms with Gasteiger partial charge in [0.15, 0.2) is 0 Å². The molecule has 1 radical (unpaired) electrons. The van der Waals surface area contributed by atoms with Crippen molar-refractivity contribution in [3.05, 3.63) is 73.8 Å². The van der Waals surface area contributed by atoms with Crippen molar-refractivity contribution in [2.45, 2.75) is 79.5 Å². The fourth-order valence-electron chi connectivity index (χ4n) is 5.53. The van der Waals surface area contributed by atoms with Crippen LogP contribution >= 0.6 is 0 Å². The molecule has 261 valence electrons. The molecule has 1 aliphatic heterocycles. The zero-order valence-corrected chi connectivity index (χ0v) is 29.3. The normalized spacial score (nSPS) is 18.2. The van der Waals surface area contributed by atoms with Crippen molar-refractivity contribution in [1.29, 1.82) is 0 Å². The van der Waals surface area contributed by atoms with Crippen molar-refractivity contribution in [3.63, 3.8) is 0 Å². The smallest absolute Gasteiger partial charge is 0.412 e. The number of benzene rings is 2. The summed E-state index contributed by atoms with van der Waals surface area (Å²) in [6, 6.07) is 9.65. The van der Waals surface area contributed by atoms with Crippen LogP contribution in [0.15, 0.2) is 42.5 Å². The SMILES string of the molecule is CC(=O)Oc1cc(COC(=O)NCC(C)C[C@]2(O[Si](C)C)C[C@H](C(C)(C)C)CN2C(=O)OCc2ccc([N+](=O)[O-])cc2)ccc1[N+](=O)[O-]. The van der Waals surface area contributed by atoms with E-state index in [0.717, 1.165) is 6.92 Å². The molecule has 3 atom stereocenters. The van der Waals surface area contributed by atoms with Gasteiger partial charge in [-0.1, -0.05) is 27.7 Å². The van der Waals surface area contributed by atoms with E-state index in [0.29, 0.717) is 30.5 Å². The molecule has 2 amide bonds. The molecule has 1 heterocycles. The van der Waals surface area contributed by atoms with Gasteiger partial charge in [0.2, 0.25) is 14.8 Å². The van der Waals surface area contributed by atoms with Crippen molar-refractivity contribution in [3.8, 4) is 5.75 Å². The van der Waals surface area contributed by atoms with Crippen molar-refractivity contribution >= 4 is 38.6 Å². The van der Waals surface area contributed by atoms with E-state index in [1.807, 2.05) is 20.0 Å². The highest BCUT2D eigenvalue weighted by Gasteiger charge is 2.53. The Morgan fingerprint density at radius 1 is 1.02 bits per heavy atom. The lowest BCUT2D eigenvalue weighted by molar-refractivity contribution is -0.385. The number of carbonyl (C=O) groups is 3. The number of alkyl carbamates (subject to hydrolysis) is 1. The lowest BCUT2D eigenvalue weighted by Gasteiger charge is -2.41. The third-order valence-corrected chi connectivity index (χ3v) is 8.70. The first-order chi connectivity index (χ1) is 22.4. The summed E-state index contributed by atoms with van der Waals surface area (Å²) in [4.78, 5) is 60.3. The van der Waals surface area contributed by atoms with E-state index in [-0.39, 0.29) is 48.4 Å². The zero-order valence-electron chi connectivity index (χ0n) is 28.3. The molecule has 1 unspecified atom stereocenters. The van der Waals surface area contributed by atoms with E-state index in [9.17, 15) is 34.6 Å². The predicted molar refractivity (Wildman–Crippen MR) is 175 cm³/mol. The van der Waals surface area contributed by atoms with Gasteiger partial charge >= 0.3 is 23.8 Å². The third-order valence-electron chi connectivity index (χ3n) is 7.92. The number of likely N-dealkylation sites (tertiary alicyclic amines) is 1. The standard InChI is InChI=1S/C32H43N4O11Si/c1-21(17-33-29(38)44-20-24-10-13-27(36(42)43)28(14-24)46-22(2)37)15-32(47-48(6)7)16-25(31(3,4)5)18-34(32)30(39)45-19-23-8-11-26(12-9-23)35(40)41/h8-14,21,25H,15-20H2,1-7H3,(H,33,38)/t21?,25-,32-/m0/s1. The van der Waals surface area contributed by atoms with Crippen molar-refractivity contribution < 1.29 is 42.9 Å². The van der Waals surface area contributed by atoms with Crippen LogP contribution in [-0.4, -0.2) is 60.8 Å². The third kappa shape index (κ3) is 10.5. The second-order valence-corrected chi connectivity index (χ2v) is 15.3. The number of nitro groups is 2. The molecule has 1 N–H and O–H groups in total. The van der Waals surface area contributed by atoms with Gasteiger partial charge in [-0.05, 0) is 78.6 Å². The summed E-state index contributed by atoms with van der Waals surface area (Å²) >= 11 is 0. The lowest BCUT2D eigenvalue weighted by Crippen LogP contribution is -2.53. The van der Waals surface area contributed by atoms with Gasteiger partial charge < -0.3 is 24.0 Å². The van der Waals surface area contributed by atoms with Gasteiger partial charge in [0.05, 0.1) is 9.85 Å². The predicted octanol–water partition coefficient (Wildman–Crippen LogP) is 6.35. The highest BCUT2D eigenvalue weighted by atomic mass is 28.3. The van der Waals surface area contributed by atoms with E-state index >= 15 is 0 Å². The van der Waals surface area contributed by atoms with Gasteiger partial charge in [0, 0.05) is 38.2 Å². The van der Waals surface area contributed by atoms with Crippen LogP contribution in [-0.2, 0) is 31.9 Å². The lowest BCUT2D eigenvalue weighted by atomic mass is 9.78. The number of nitro benzene ring substituents is 2. The van der Waals surface area contributed by atoms with Crippen LogP contribution < -0.4 is 10.1 Å². The van der Waals surface area contributed by atoms with Crippen molar-refractivity contribution in [2.24, 2.45) is 17.3 Å². The van der Waals surface area contributed by atoms with Crippen LogP contribution in [0.3, 0.4) is 0 Å². The number of nitrogens with zero attached hydrogens (tertiary/aromatic N) is 3. The van der Waals surface area contributed by atoms with Crippen molar-refractivity contribution in [1.82, 2.24) is 10.2 Å². The first kappa shape index (κ1) is 37.9. The number of non-ortho nitro benzene ring substituents is 1. The van der Waals surface area contributed by atoms with E-state index < -0.39 is 48.5 Å². The number of esters is 1. The zero-order chi connectivity index (χ0) is 35.8. The van der Waals surface area contributed by atoms with E-state index in [1.54, 1.807) is 17.0 Å². The highest BCUT2D eigenvalue weighted by molar-refractivity contribution is 6.48. The minimum atomic E-state index is -1.32. The van der Waals surface area contributed by atoms with E-state index in [2.05, 4.69) is 26.1 Å². The summed E-state index contributed by atoms with van der Waals surface area (Å²) < 4.78 is 22.6.